The summed E-state index contributed by atoms with van der Waals surface area (Å²) in [5, 5.41) is 7.07. The van der Waals surface area contributed by atoms with Crippen LogP contribution in [0.4, 0.5) is 10.7 Å². The second-order valence-corrected chi connectivity index (χ2v) is 7.11. The van der Waals surface area contributed by atoms with Gasteiger partial charge in [0.2, 0.25) is 5.75 Å². The molecule has 1 aromatic heterocycles. The van der Waals surface area contributed by atoms with Gasteiger partial charge in [-0.05, 0) is 31.6 Å². The Bertz CT molecular complexity index is 839. The Morgan fingerprint density at radius 3 is 2.07 bits per heavy atom. The third kappa shape index (κ3) is 4.42. The van der Waals surface area contributed by atoms with E-state index in [-0.39, 0.29) is 0 Å². The molecule has 0 aliphatic heterocycles. The summed E-state index contributed by atoms with van der Waals surface area (Å²) in [6, 6.07) is 3.48. The minimum absolute atomic E-state index is 0.315. The first-order valence-corrected chi connectivity index (χ1v) is 9.15. The lowest BCUT2D eigenvalue weighted by atomic mass is 10.1. The molecule has 1 aromatic carbocycles. The summed E-state index contributed by atoms with van der Waals surface area (Å²) in [5.41, 5.74) is 1.99. The summed E-state index contributed by atoms with van der Waals surface area (Å²) in [7, 11) is 5.97. The van der Waals surface area contributed by atoms with Gasteiger partial charge in [-0.1, -0.05) is 0 Å². The number of benzene rings is 1. The molecule has 0 aliphatic rings. The van der Waals surface area contributed by atoms with E-state index in [0.717, 1.165) is 10.4 Å². The zero-order valence-corrected chi connectivity index (χ0v) is 17.6. The molecule has 2 N–H and O–H groups in total. The van der Waals surface area contributed by atoms with Crippen molar-refractivity contribution < 1.29 is 23.7 Å². The van der Waals surface area contributed by atoms with E-state index < -0.39 is 5.97 Å². The molecular formula is C18H22N2O5S2. The van der Waals surface area contributed by atoms with Crippen molar-refractivity contribution in [3.8, 4) is 17.2 Å². The minimum atomic E-state index is -0.407. The molecule has 0 saturated heterocycles. The third-order valence-corrected chi connectivity index (χ3v) is 5.25. The number of esters is 1. The summed E-state index contributed by atoms with van der Waals surface area (Å²) >= 11 is 6.83. The van der Waals surface area contributed by atoms with Crippen molar-refractivity contribution in [2.45, 2.75) is 13.8 Å². The molecule has 0 unspecified atom stereocenters. The van der Waals surface area contributed by atoms with Gasteiger partial charge in [0.25, 0.3) is 0 Å². The van der Waals surface area contributed by atoms with Crippen molar-refractivity contribution in [2.75, 3.05) is 39.1 Å². The number of thiocarbonyl (C=S) groups is 1. The number of hydrogen-bond acceptors (Lipinski definition) is 7. The zero-order chi connectivity index (χ0) is 20.1. The van der Waals surface area contributed by atoms with E-state index in [0.29, 0.717) is 38.6 Å². The highest BCUT2D eigenvalue weighted by Gasteiger charge is 2.21. The largest absolute Gasteiger partial charge is 0.493 e. The standard InChI is InChI=1S/C18H22N2O5S2/c1-9-10(2)27-16(14(9)17(21)25-6)20-18(26)19-11-7-12(22-3)15(24-5)13(8-11)23-4/h7-8H,1-6H3,(H2,19,20,26). The van der Waals surface area contributed by atoms with Crippen LogP contribution in [0.25, 0.3) is 0 Å². The molecular weight excluding hydrogens is 388 g/mol. The SMILES string of the molecule is COC(=O)c1c(NC(=S)Nc2cc(OC)c(OC)c(OC)c2)sc(C)c1C. The van der Waals surface area contributed by atoms with Crippen molar-refractivity contribution in [2.24, 2.45) is 0 Å². The van der Waals surface area contributed by atoms with Gasteiger partial charge in [0.1, 0.15) is 5.00 Å². The number of aryl methyl sites for hydroxylation is 1. The Kier molecular flexibility index (Phi) is 6.86. The van der Waals surface area contributed by atoms with E-state index >= 15 is 0 Å². The molecule has 0 spiro atoms. The van der Waals surface area contributed by atoms with Crippen LogP contribution in [0.5, 0.6) is 17.2 Å². The van der Waals surface area contributed by atoms with Crippen LogP contribution in [0.15, 0.2) is 12.1 Å². The topological polar surface area (TPSA) is 78.1 Å². The molecule has 0 aliphatic carbocycles. The van der Waals surface area contributed by atoms with Crippen LogP contribution < -0.4 is 24.8 Å². The van der Waals surface area contributed by atoms with E-state index in [2.05, 4.69) is 10.6 Å². The predicted molar refractivity (Wildman–Crippen MR) is 111 cm³/mol. The maximum absolute atomic E-state index is 12.1. The van der Waals surface area contributed by atoms with Crippen LogP contribution in [-0.4, -0.2) is 39.5 Å². The van der Waals surface area contributed by atoms with Crippen LogP contribution in [-0.2, 0) is 4.74 Å². The van der Waals surface area contributed by atoms with E-state index in [1.54, 1.807) is 12.1 Å². The van der Waals surface area contributed by atoms with Gasteiger partial charge in [-0.2, -0.15) is 0 Å². The number of rotatable bonds is 6. The summed E-state index contributed by atoms with van der Waals surface area (Å²) in [4.78, 5) is 13.1. The molecule has 0 radical (unpaired) electrons. The Morgan fingerprint density at radius 2 is 1.59 bits per heavy atom. The molecule has 7 nitrogen and oxygen atoms in total. The van der Waals surface area contributed by atoms with E-state index in [1.807, 2.05) is 13.8 Å². The smallest absolute Gasteiger partial charge is 0.341 e. The summed E-state index contributed by atoms with van der Waals surface area (Å²) in [6.45, 7) is 3.81. The van der Waals surface area contributed by atoms with Crippen LogP contribution in [0.2, 0.25) is 0 Å². The van der Waals surface area contributed by atoms with Crippen molar-refractivity contribution in [3.05, 3.63) is 28.1 Å². The van der Waals surface area contributed by atoms with Crippen molar-refractivity contribution in [1.82, 2.24) is 0 Å². The van der Waals surface area contributed by atoms with Crippen molar-refractivity contribution in [1.29, 1.82) is 0 Å². The molecule has 0 saturated carbocycles. The molecule has 0 atom stereocenters. The summed E-state index contributed by atoms with van der Waals surface area (Å²) in [5.74, 6) is 1.08. The van der Waals surface area contributed by atoms with Crippen molar-refractivity contribution >= 4 is 45.3 Å². The van der Waals surface area contributed by atoms with Crippen molar-refractivity contribution in [3.63, 3.8) is 0 Å². The molecule has 2 aromatic rings. The highest BCUT2D eigenvalue weighted by Crippen LogP contribution is 2.40. The third-order valence-electron chi connectivity index (χ3n) is 3.92. The molecule has 0 fully saturated rings. The first kappa shape index (κ1) is 20.8. The fourth-order valence-corrected chi connectivity index (χ4v) is 3.82. The van der Waals surface area contributed by atoms with Crippen LogP contribution >= 0.6 is 23.6 Å². The first-order chi connectivity index (χ1) is 12.9. The quantitative estimate of drug-likeness (QED) is 0.547. The van der Waals surface area contributed by atoms with E-state index in [1.165, 1.54) is 39.8 Å². The van der Waals surface area contributed by atoms with Gasteiger partial charge < -0.3 is 29.6 Å². The number of ether oxygens (including phenoxy) is 4. The van der Waals surface area contributed by atoms with Gasteiger partial charge in [-0.25, -0.2) is 4.79 Å². The number of thiophene rings is 1. The monoisotopic (exact) mass is 410 g/mol. The van der Waals surface area contributed by atoms with Gasteiger partial charge >= 0.3 is 5.97 Å². The lowest BCUT2D eigenvalue weighted by Gasteiger charge is -2.16. The summed E-state index contributed by atoms with van der Waals surface area (Å²) < 4.78 is 20.9. The zero-order valence-electron chi connectivity index (χ0n) is 16.0. The Hall–Kier alpha value is -2.52. The highest BCUT2D eigenvalue weighted by atomic mass is 32.1. The Morgan fingerprint density at radius 1 is 1.00 bits per heavy atom. The highest BCUT2D eigenvalue weighted by molar-refractivity contribution is 7.80. The van der Waals surface area contributed by atoms with Gasteiger partial charge in [0.15, 0.2) is 16.6 Å². The van der Waals surface area contributed by atoms with Crippen LogP contribution in [0.1, 0.15) is 20.8 Å². The lowest BCUT2D eigenvalue weighted by molar-refractivity contribution is 0.0601. The summed E-state index contributed by atoms with van der Waals surface area (Å²) in [6.07, 6.45) is 0. The second kappa shape index (κ2) is 8.92. The molecule has 146 valence electrons. The Labute approximate surface area is 167 Å². The molecule has 27 heavy (non-hydrogen) atoms. The normalized spacial score (nSPS) is 10.1. The fourth-order valence-electron chi connectivity index (χ4n) is 2.48. The second-order valence-electron chi connectivity index (χ2n) is 5.47. The lowest BCUT2D eigenvalue weighted by Crippen LogP contribution is -2.20. The first-order valence-electron chi connectivity index (χ1n) is 7.92. The number of anilines is 2. The number of carbonyl (C=O) groups is 1. The maximum atomic E-state index is 12.1. The van der Waals surface area contributed by atoms with Gasteiger partial charge in [0.05, 0.1) is 34.0 Å². The molecule has 2 rings (SSSR count). The number of carbonyl (C=O) groups excluding carboxylic acids is 1. The predicted octanol–water partition coefficient (Wildman–Crippen LogP) is 3.99. The van der Waals surface area contributed by atoms with E-state index in [9.17, 15) is 4.79 Å². The Balaban J connectivity index is 2.27. The van der Waals surface area contributed by atoms with E-state index in [4.69, 9.17) is 31.2 Å². The number of hydrogen-bond donors (Lipinski definition) is 2. The molecule has 1 heterocycles. The number of methoxy groups -OCH3 is 4. The van der Waals surface area contributed by atoms with Gasteiger partial charge in [0, 0.05) is 22.7 Å². The van der Waals surface area contributed by atoms with Gasteiger partial charge in [-0.15, -0.1) is 11.3 Å². The average molecular weight is 411 g/mol. The molecule has 0 amide bonds. The van der Waals surface area contributed by atoms with Crippen LogP contribution in [0, 0.1) is 13.8 Å². The minimum Gasteiger partial charge on any atom is -0.493 e. The molecule has 0 bridgehead atoms. The maximum Gasteiger partial charge on any atom is 0.341 e. The van der Waals surface area contributed by atoms with Gasteiger partial charge in [-0.3, -0.25) is 0 Å². The average Bonchev–Trinajstić information content (AvgIpc) is 2.93. The molecule has 9 heteroatoms. The fraction of sp³-hybridized carbons (Fsp3) is 0.333. The van der Waals surface area contributed by atoms with Crippen LogP contribution in [0.3, 0.4) is 0 Å². The number of nitrogens with one attached hydrogen (secondary N) is 2.